The Morgan fingerprint density at radius 2 is 1.84 bits per heavy atom. The van der Waals surface area contributed by atoms with Gasteiger partial charge < -0.3 is 15.2 Å². The van der Waals surface area contributed by atoms with Crippen molar-refractivity contribution in [2.45, 2.75) is 19.3 Å². The van der Waals surface area contributed by atoms with Crippen LogP contribution in [0.3, 0.4) is 0 Å². The number of hydrogen-bond acceptors (Lipinski definition) is 3. The Bertz CT molecular complexity index is 431. The number of benzene rings is 1. The van der Waals surface area contributed by atoms with Crippen LogP contribution in [0.4, 0.5) is 0 Å². The summed E-state index contributed by atoms with van der Waals surface area (Å²) in [6.45, 7) is 1.26. The van der Waals surface area contributed by atoms with Crippen molar-refractivity contribution in [2.75, 3.05) is 20.3 Å². The highest BCUT2D eigenvalue weighted by Gasteiger charge is 2.14. The van der Waals surface area contributed by atoms with Crippen LogP contribution in [0.5, 0.6) is 0 Å². The second kappa shape index (κ2) is 8.26. The zero-order valence-electron chi connectivity index (χ0n) is 11.0. The monoisotopic (exact) mass is 265 g/mol. The fourth-order valence-electron chi connectivity index (χ4n) is 1.71. The first-order valence-corrected chi connectivity index (χ1v) is 6.26. The quantitative estimate of drug-likeness (QED) is 0.704. The molecular formula is C14H19NO4. The van der Waals surface area contributed by atoms with Crippen LogP contribution in [0.1, 0.15) is 40.0 Å². The maximum Gasteiger partial charge on any atom is 0.336 e. The number of carbonyl (C=O) groups excluding carboxylic acids is 1. The zero-order valence-corrected chi connectivity index (χ0v) is 11.0. The van der Waals surface area contributed by atoms with E-state index in [0.29, 0.717) is 6.54 Å². The summed E-state index contributed by atoms with van der Waals surface area (Å²) in [5.41, 5.74) is 0.228. The second-order valence-electron chi connectivity index (χ2n) is 4.16. The fourth-order valence-corrected chi connectivity index (χ4v) is 1.71. The van der Waals surface area contributed by atoms with Crippen LogP contribution < -0.4 is 5.32 Å². The predicted octanol–water partition coefficient (Wildman–Crippen LogP) is 1.93. The van der Waals surface area contributed by atoms with E-state index in [9.17, 15) is 9.59 Å². The molecule has 5 heteroatoms. The topological polar surface area (TPSA) is 75.6 Å². The Morgan fingerprint density at radius 3 is 2.47 bits per heavy atom. The number of aromatic carboxylic acids is 1. The van der Waals surface area contributed by atoms with Crippen LogP contribution in [0.25, 0.3) is 0 Å². The van der Waals surface area contributed by atoms with Crippen LogP contribution >= 0.6 is 0 Å². The van der Waals surface area contributed by atoms with Gasteiger partial charge in [-0.15, -0.1) is 0 Å². The van der Waals surface area contributed by atoms with Crippen molar-refractivity contribution in [1.29, 1.82) is 0 Å². The number of methoxy groups -OCH3 is 1. The van der Waals surface area contributed by atoms with Crippen LogP contribution in [0.2, 0.25) is 0 Å². The fraction of sp³-hybridized carbons (Fsp3) is 0.429. The van der Waals surface area contributed by atoms with Gasteiger partial charge in [0.15, 0.2) is 0 Å². The summed E-state index contributed by atoms with van der Waals surface area (Å²) in [7, 11) is 1.66. The molecule has 1 aromatic carbocycles. The predicted molar refractivity (Wildman–Crippen MR) is 71.5 cm³/mol. The molecule has 0 radical (unpaired) electrons. The van der Waals surface area contributed by atoms with Crippen LogP contribution in [0, 0.1) is 0 Å². The Morgan fingerprint density at radius 1 is 1.16 bits per heavy atom. The standard InChI is InChI=1S/C14H19NO4/c1-19-10-6-2-5-9-15-13(16)11-7-3-4-8-12(11)14(17)18/h3-4,7-8H,2,5-6,9-10H2,1H3,(H,15,16)(H,17,18). The third kappa shape index (κ3) is 5.09. The molecule has 0 unspecified atom stereocenters. The molecule has 1 amide bonds. The number of unbranched alkanes of at least 4 members (excludes halogenated alkanes) is 2. The molecule has 0 bridgehead atoms. The molecule has 19 heavy (non-hydrogen) atoms. The van der Waals surface area contributed by atoms with Gasteiger partial charge in [0.2, 0.25) is 0 Å². The number of amides is 1. The molecule has 0 heterocycles. The molecule has 0 fully saturated rings. The minimum Gasteiger partial charge on any atom is -0.478 e. The van der Waals surface area contributed by atoms with Crippen molar-refractivity contribution in [2.24, 2.45) is 0 Å². The molecule has 0 atom stereocenters. The lowest BCUT2D eigenvalue weighted by Crippen LogP contribution is -2.26. The number of carboxylic acids is 1. The maximum absolute atomic E-state index is 11.9. The van der Waals surface area contributed by atoms with E-state index in [1.54, 1.807) is 19.2 Å². The highest BCUT2D eigenvalue weighted by Crippen LogP contribution is 2.08. The number of rotatable bonds is 8. The van der Waals surface area contributed by atoms with E-state index in [1.165, 1.54) is 12.1 Å². The third-order valence-corrected chi connectivity index (χ3v) is 2.71. The first-order chi connectivity index (χ1) is 9.16. The lowest BCUT2D eigenvalue weighted by atomic mass is 10.1. The van der Waals surface area contributed by atoms with Crippen LogP contribution in [-0.4, -0.2) is 37.2 Å². The smallest absolute Gasteiger partial charge is 0.336 e. The van der Waals surface area contributed by atoms with E-state index in [-0.39, 0.29) is 17.0 Å². The third-order valence-electron chi connectivity index (χ3n) is 2.71. The molecule has 1 aromatic rings. The van der Waals surface area contributed by atoms with Gasteiger partial charge in [-0.2, -0.15) is 0 Å². The van der Waals surface area contributed by atoms with E-state index < -0.39 is 5.97 Å². The van der Waals surface area contributed by atoms with Crippen LogP contribution in [-0.2, 0) is 4.74 Å². The van der Waals surface area contributed by atoms with E-state index >= 15 is 0 Å². The summed E-state index contributed by atoms with van der Waals surface area (Å²) >= 11 is 0. The van der Waals surface area contributed by atoms with Crippen molar-refractivity contribution in [1.82, 2.24) is 5.32 Å². The average molecular weight is 265 g/mol. The van der Waals surface area contributed by atoms with Gasteiger partial charge in [-0.25, -0.2) is 4.79 Å². The molecule has 2 N–H and O–H groups in total. The van der Waals surface area contributed by atoms with Gasteiger partial charge in [0.25, 0.3) is 5.91 Å². The van der Waals surface area contributed by atoms with Crippen LogP contribution in [0.15, 0.2) is 24.3 Å². The van der Waals surface area contributed by atoms with Crippen molar-refractivity contribution in [3.8, 4) is 0 Å². The van der Waals surface area contributed by atoms with Gasteiger partial charge in [0.05, 0.1) is 11.1 Å². The van der Waals surface area contributed by atoms with Crippen molar-refractivity contribution >= 4 is 11.9 Å². The minimum absolute atomic E-state index is 0.0272. The highest BCUT2D eigenvalue weighted by molar-refractivity contribution is 6.04. The van der Waals surface area contributed by atoms with Gasteiger partial charge >= 0.3 is 5.97 Å². The zero-order chi connectivity index (χ0) is 14.1. The summed E-state index contributed by atoms with van der Waals surface area (Å²) < 4.78 is 4.93. The molecule has 0 saturated heterocycles. The molecule has 0 aliphatic heterocycles. The number of hydrogen-bond donors (Lipinski definition) is 2. The van der Waals surface area contributed by atoms with Crippen molar-refractivity contribution < 1.29 is 19.4 Å². The van der Waals surface area contributed by atoms with Gasteiger partial charge in [0.1, 0.15) is 0 Å². The number of carbonyl (C=O) groups is 2. The Hall–Kier alpha value is -1.88. The Labute approximate surface area is 112 Å². The Balaban J connectivity index is 2.43. The highest BCUT2D eigenvalue weighted by atomic mass is 16.5. The molecule has 0 aliphatic carbocycles. The summed E-state index contributed by atoms with van der Waals surface area (Å²) in [5.74, 6) is -1.43. The summed E-state index contributed by atoms with van der Waals surface area (Å²) in [5, 5.41) is 11.7. The molecular weight excluding hydrogens is 246 g/mol. The van der Waals surface area contributed by atoms with E-state index in [2.05, 4.69) is 5.32 Å². The average Bonchev–Trinajstić information content (AvgIpc) is 2.42. The second-order valence-corrected chi connectivity index (χ2v) is 4.16. The van der Waals surface area contributed by atoms with Crippen molar-refractivity contribution in [3.63, 3.8) is 0 Å². The van der Waals surface area contributed by atoms with E-state index in [0.717, 1.165) is 25.9 Å². The summed E-state index contributed by atoms with van der Waals surface area (Å²) in [4.78, 5) is 22.8. The van der Waals surface area contributed by atoms with Gasteiger partial charge in [-0.1, -0.05) is 12.1 Å². The maximum atomic E-state index is 11.9. The van der Waals surface area contributed by atoms with E-state index in [4.69, 9.17) is 9.84 Å². The minimum atomic E-state index is -1.09. The lowest BCUT2D eigenvalue weighted by molar-refractivity contribution is 0.0691. The normalized spacial score (nSPS) is 10.2. The summed E-state index contributed by atoms with van der Waals surface area (Å²) in [6.07, 6.45) is 2.77. The molecule has 0 aromatic heterocycles. The molecule has 0 spiro atoms. The summed E-state index contributed by atoms with van der Waals surface area (Å²) in [6, 6.07) is 6.20. The molecule has 1 rings (SSSR count). The largest absolute Gasteiger partial charge is 0.478 e. The van der Waals surface area contributed by atoms with Crippen molar-refractivity contribution in [3.05, 3.63) is 35.4 Å². The Kier molecular flexibility index (Phi) is 6.60. The van der Waals surface area contributed by atoms with E-state index in [1.807, 2.05) is 0 Å². The number of carboxylic acid groups (broad SMARTS) is 1. The molecule has 104 valence electrons. The lowest BCUT2D eigenvalue weighted by Gasteiger charge is -2.07. The van der Waals surface area contributed by atoms with Gasteiger partial charge in [0, 0.05) is 20.3 Å². The number of nitrogens with one attached hydrogen (secondary N) is 1. The molecule has 5 nitrogen and oxygen atoms in total. The van der Waals surface area contributed by atoms with Gasteiger partial charge in [-0.3, -0.25) is 4.79 Å². The van der Waals surface area contributed by atoms with Gasteiger partial charge in [-0.05, 0) is 31.4 Å². The molecule has 0 saturated carbocycles. The number of ether oxygens (including phenoxy) is 1. The SMILES string of the molecule is COCCCCCNC(=O)c1ccccc1C(=O)O. The first-order valence-electron chi connectivity index (χ1n) is 6.26. The molecule has 0 aliphatic rings. The first kappa shape index (κ1) is 15.2.